The van der Waals surface area contributed by atoms with Gasteiger partial charge in [0, 0.05) is 22.4 Å². The van der Waals surface area contributed by atoms with Gasteiger partial charge in [-0.25, -0.2) is 0 Å². The minimum atomic E-state index is -0.170. The molecule has 238 valence electrons. The summed E-state index contributed by atoms with van der Waals surface area (Å²) >= 11 is 0. The smallest absolute Gasteiger partial charge is 0.0540 e. The van der Waals surface area contributed by atoms with Crippen LogP contribution in [0.3, 0.4) is 0 Å². The van der Waals surface area contributed by atoms with Crippen molar-refractivity contribution >= 4 is 27.8 Å². The van der Waals surface area contributed by atoms with Crippen LogP contribution in [0, 0.1) is 0 Å². The van der Waals surface area contributed by atoms with Crippen molar-refractivity contribution in [1.82, 2.24) is 0 Å². The van der Waals surface area contributed by atoms with Crippen LogP contribution in [0.4, 0.5) is 17.1 Å². The third-order valence-electron chi connectivity index (χ3n) is 10.5. The number of hydrogen-bond donors (Lipinski definition) is 0. The monoisotopic (exact) mass is 639 g/mol. The van der Waals surface area contributed by atoms with Gasteiger partial charge >= 0.3 is 0 Å². The zero-order valence-electron chi connectivity index (χ0n) is 28.3. The minimum Gasteiger partial charge on any atom is -0.310 e. The highest BCUT2D eigenvalue weighted by Gasteiger charge is 2.36. The Morgan fingerprint density at radius 3 is 1.72 bits per heavy atom. The van der Waals surface area contributed by atoms with E-state index in [1.165, 1.54) is 66.4 Å². The van der Waals surface area contributed by atoms with Crippen LogP contribution in [0.15, 0.2) is 188 Å². The summed E-state index contributed by atoms with van der Waals surface area (Å²) in [4.78, 5) is 2.42. The molecule has 0 aromatic heterocycles. The van der Waals surface area contributed by atoms with Gasteiger partial charge in [-0.1, -0.05) is 166 Å². The van der Waals surface area contributed by atoms with Crippen molar-refractivity contribution in [2.75, 3.05) is 4.90 Å². The molecule has 9 rings (SSSR count). The second-order valence-corrected chi connectivity index (χ2v) is 13.8. The highest BCUT2D eigenvalue weighted by atomic mass is 15.1. The first-order valence-corrected chi connectivity index (χ1v) is 17.4. The average molecular weight is 640 g/mol. The molecule has 0 saturated carbocycles. The van der Waals surface area contributed by atoms with Crippen LogP contribution in [0.2, 0.25) is 0 Å². The minimum absolute atomic E-state index is 0.170. The Hall–Kier alpha value is -6.18. The summed E-state index contributed by atoms with van der Waals surface area (Å²) in [6, 6.07) is 68.5. The number of anilines is 3. The molecule has 50 heavy (non-hydrogen) atoms. The topological polar surface area (TPSA) is 3.24 Å². The van der Waals surface area contributed by atoms with E-state index in [0.29, 0.717) is 0 Å². The van der Waals surface area contributed by atoms with Gasteiger partial charge in [-0.15, -0.1) is 0 Å². The number of nitrogens with zero attached hydrogens (tertiary/aromatic N) is 1. The normalized spacial score (nSPS) is 12.8. The van der Waals surface area contributed by atoms with Crippen LogP contribution in [0.1, 0.15) is 25.0 Å². The molecule has 0 bridgehead atoms. The van der Waals surface area contributed by atoms with E-state index in [1.807, 2.05) is 0 Å². The lowest BCUT2D eigenvalue weighted by Gasteiger charge is -2.29. The summed E-state index contributed by atoms with van der Waals surface area (Å²) in [5.41, 5.74) is 16.0. The highest BCUT2D eigenvalue weighted by molar-refractivity contribution is 5.98. The lowest BCUT2D eigenvalue weighted by Crippen LogP contribution is -2.17. The quantitative estimate of drug-likeness (QED) is 0.175. The molecule has 1 nitrogen and oxygen atoms in total. The van der Waals surface area contributed by atoms with Gasteiger partial charge in [0.05, 0.1) is 5.69 Å². The van der Waals surface area contributed by atoms with Crippen LogP contribution in [0.25, 0.3) is 55.3 Å². The molecule has 1 aliphatic rings. The van der Waals surface area contributed by atoms with Crippen molar-refractivity contribution in [1.29, 1.82) is 0 Å². The summed E-state index contributed by atoms with van der Waals surface area (Å²) in [7, 11) is 0. The first kappa shape index (κ1) is 29.9. The summed E-state index contributed by atoms with van der Waals surface area (Å²) < 4.78 is 0. The van der Waals surface area contributed by atoms with Crippen molar-refractivity contribution in [2.24, 2.45) is 0 Å². The first-order valence-electron chi connectivity index (χ1n) is 17.4. The molecular weight excluding hydrogens is 603 g/mol. The largest absolute Gasteiger partial charge is 0.310 e. The van der Waals surface area contributed by atoms with E-state index in [0.717, 1.165) is 17.1 Å². The molecule has 0 unspecified atom stereocenters. The second-order valence-electron chi connectivity index (χ2n) is 13.8. The van der Waals surface area contributed by atoms with Gasteiger partial charge in [0.25, 0.3) is 0 Å². The van der Waals surface area contributed by atoms with Crippen LogP contribution in [-0.4, -0.2) is 0 Å². The van der Waals surface area contributed by atoms with E-state index in [-0.39, 0.29) is 5.41 Å². The molecule has 8 aromatic rings. The van der Waals surface area contributed by atoms with E-state index in [1.54, 1.807) is 0 Å². The Bertz CT molecular complexity index is 2490. The summed E-state index contributed by atoms with van der Waals surface area (Å²) in [5.74, 6) is 0. The van der Waals surface area contributed by atoms with Gasteiger partial charge in [-0.05, 0) is 97.2 Å². The molecule has 0 aliphatic heterocycles. The number of para-hydroxylation sites is 2. The molecule has 0 atom stereocenters. The van der Waals surface area contributed by atoms with Crippen LogP contribution in [0.5, 0.6) is 0 Å². The lowest BCUT2D eigenvalue weighted by atomic mass is 9.81. The van der Waals surface area contributed by atoms with Crippen molar-refractivity contribution < 1.29 is 0 Å². The highest BCUT2D eigenvalue weighted by Crippen LogP contribution is 2.52. The third-order valence-corrected chi connectivity index (χ3v) is 10.5. The summed E-state index contributed by atoms with van der Waals surface area (Å²) in [6.45, 7) is 4.76. The van der Waals surface area contributed by atoms with E-state index in [2.05, 4.69) is 207 Å². The van der Waals surface area contributed by atoms with E-state index in [4.69, 9.17) is 0 Å². The first-order chi connectivity index (χ1) is 24.6. The van der Waals surface area contributed by atoms with Crippen molar-refractivity contribution in [3.63, 3.8) is 0 Å². The third kappa shape index (κ3) is 5.02. The molecule has 0 saturated heterocycles. The van der Waals surface area contributed by atoms with Crippen LogP contribution >= 0.6 is 0 Å². The number of fused-ring (bicyclic) bond motifs is 4. The van der Waals surface area contributed by atoms with E-state index in [9.17, 15) is 0 Å². The molecule has 0 radical (unpaired) electrons. The average Bonchev–Trinajstić information content (AvgIpc) is 3.40. The Morgan fingerprint density at radius 1 is 0.360 bits per heavy atom. The Morgan fingerprint density at radius 2 is 0.920 bits per heavy atom. The molecule has 0 spiro atoms. The van der Waals surface area contributed by atoms with Crippen LogP contribution < -0.4 is 4.90 Å². The molecule has 1 heteroatoms. The molecule has 1 aliphatic carbocycles. The number of rotatable bonds is 6. The zero-order chi connectivity index (χ0) is 33.7. The Kier molecular flexibility index (Phi) is 7.21. The number of hydrogen-bond acceptors (Lipinski definition) is 1. The van der Waals surface area contributed by atoms with Gasteiger partial charge in [0.2, 0.25) is 0 Å². The fourth-order valence-electron chi connectivity index (χ4n) is 7.90. The van der Waals surface area contributed by atoms with Crippen molar-refractivity contribution in [3.8, 4) is 44.5 Å². The summed E-state index contributed by atoms with van der Waals surface area (Å²) in [6.07, 6.45) is 0. The van der Waals surface area contributed by atoms with E-state index < -0.39 is 0 Å². The van der Waals surface area contributed by atoms with Crippen molar-refractivity contribution in [2.45, 2.75) is 19.3 Å². The fourth-order valence-corrected chi connectivity index (χ4v) is 7.90. The Balaban J connectivity index is 1.14. The predicted octanol–water partition coefficient (Wildman–Crippen LogP) is 13.6. The SMILES string of the molecule is CC1(C)c2cc(-c3cccc4ccccc34)ccc2-c2ccc(N(c3ccccc3)c3ccccc3-c3ccc(-c4ccccc4)cc3)cc21. The maximum Gasteiger partial charge on any atom is 0.0540 e. The van der Waals surface area contributed by atoms with Gasteiger partial charge < -0.3 is 4.90 Å². The molecule has 0 N–H and O–H groups in total. The van der Waals surface area contributed by atoms with Gasteiger partial charge in [0.15, 0.2) is 0 Å². The number of benzene rings is 8. The van der Waals surface area contributed by atoms with E-state index >= 15 is 0 Å². The van der Waals surface area contributed by atoms with Gasteiger partial charge in [-0.3, -0.25) is 0 Å². The molecule has 0 heterocycles. The van der Waals surface area contributed by atoms with Crippen molar-refractivity contribution in [3.05, 3.63) is 199 Å². The molecule has 0 amide bonds. The second kappa shape index (κ2) is 12.1. The molecular formula is C49H37N. The maximum atomic E-state index is 2.43. The van der Waals surface area contributed by atoms with Gasteiger partial charge in [-0.2, -0.15) is 0 Å². The summed E-state index contributed by atoms with van der Waals surface area (Å²) in [5, 5.41) is 2.56. The molecule has 0 fully saturated rings. The lowest BCUT2D eigenvalue weighted by molar-refractivity contribution is 0.660. The Labute approximate surface area is 294 Å². The standard InChI is InChI=1S/C49H37N/c1-49(2)46-32-38(42-22-13-17-36-16-9-10-20-41(36)42)28-30-44(46)45-31-29-40(33-47(45)49)50(39-18-7-4-8-19-39)48-23-12-11-21-43(48)37-26-24-35(25-27-37)34-14-5-3-6-15-34/h3-33H,1-2H3. The molecule has 8 aromatic carbocycles. The zero-order valence-corrected chi connectivity index (χ0v) is 28.3. The predicted molar refractivity (Wildman–Crippen MR) is 213 cm³/mol. The fraction of sp³-hybridized carbons (Fsp3) is 0.0612. The van der Waals surface area contributed by atoms with Crippen LogP contribution in [-0.2, 0) is 5.41 Å². The van der Waals surface area contributed by atoms with Gasteiger partial charge in [0.1, 0.15) is 0 Å². The maximum absolute atomic E-state index is 2.43.